The third kappa shape index (κ3) is 5.34. The van der Waals surface area contributed by atoms with Crippen molar-refractivity contribution in [3.8, 4) is 11.4 Å². The lowest BCUT2D eigenvalue weighted by Gasteiger charge is -2.08. The number of rotatable bonds is 4. The summed E-state index contributed by atoms with van der Waals surface area (Å²) < 4.78 is 39.8. The molecule has 0 radical (unpaired) electrons. The summed E-state index contributed by atoms with van der Waals surface area (Å²) in [6.45, 7) is 1.62. The summed E-state index contributed by atoms with van der Waals surface area (Å²) in [5, 5.41) is 3.98. The summed E-state index contributed by atoms with van der Waals surface area (Å²) in [5.41, 5.74) is 3.60. The van der Waals surface area contributed by atoms with Gasteiger partial charge in [0.05, 0.1) is 5.56 Å². The lowest BCUT2D eigenvalue weighted by Crippen LogP contribution is -2.40. The van der Waals surface area contributed by atoms with Crippen LogP contribution < -0.4 is 10.9 Å². The van der Waals surface area contributed by atoms with Gasteiger partial charge in [-0.3, -0.25) is 20.4 Å². The van der Waals surface area contributed by atoms with Gasteiger partial charge in [-0.15, -0.1) is 17.7 Å². The minimum Gasteiger partial charge on any atom is -0.273 e. The first-order valence-corrected chi connectivity index (χ1v) is 7.73. The van der Waals surface area contributed by atoms with Crippen molar-refractivity contribution in [1.82, 2.24) is 25.6 Å². The lowest BCUT2D eigenvalue weighted by atomic mass is 10.1. The second kappa shape index (κ2) is 8.04. The second-order valence-electron chi connectivity index (χ2n) is 5.02. The van der Waals surface area contributed by atoms with Crippen LogP contribution in [0.4, 0.5) is 13.2 Å². The highest BCUT2D eigenvalue weighted by Crippen LogP contribution is 2.33. The largest absolute Gasteiger partial charge is 0.416 e. The predicted octanol–water partition coefficient (Wildman–Crippen LogP) is 2.28. The zero-order valence-corrected chi connectivity index (χ0v) is 14.3. The van der Waals surface area contributed by atoms with Gasteiger partial charge in [-0.25, -0.2) is 9.67 Å². The number of carbonyl (C=O) groups is 2. The third-order valence-electron chi connectivity index (χ3n) is 3.04. The van der Waals surface area contributed by atoms with Crippen molar-refractivity contribution in [1.29, 1.82) is 0 Å². The molecule has 0 bridgehead atoms. The average molecular weight is 385 g/mol. The summed E-state index contributed by atoms with van der Waals surface area (Å²) in [6.07, 6.45) is -0.774. The summed E-state index contributed by atoms with van der Waals surface area (Å²) in [7, 11) is 0. The Hall–Kier alpha value is -2.82. The molecule has 11 heteroatoms. The number of nitrogens with one attached hydrogen (secondary N) is 2. The molecule has 2 aromatic rings. The lowest BCUT2D eigenvalue weighted by molar-refractivity contribution is -0.137. The van der Waals surface area contributed by atoms with Crippen LogP contribution in [-0.2, 0) is 15.8 Å². The van der Waals surface area contributed by atoms with Crippen LogP contribution in [0.1, 0.15) is 18.9 Å². The SMILES string of the molecule is CCC(=O)NNC(=O)/C=C\n1cnc(-c2cc(S)cc(C(F)(F)F)c2)n1. The normalized spacial score (nSPS) is 11.6. The number of alkyl halides is 3. The molecule has 0 aliphatic rings. The zero-order valence-electron chi connectivity index (χ0n) is 13.4. The van der Waals surface area contributed by atoms with Crippen molar-refractivity contribution in [2.45, 2.75) is 24.4 Å². The van der Waals surface area contributed by atoms with Crippen LogP contribution in [0.3, 0.4) is 0 Å². The number of benzene rings is 1. The van der Waals surface area contributed by atoms with E-state index in [9.17, 15) is 22.8 Å². The van der Waals surface area contributed by atoms with Gasteiger partial charge in [0.25, 0.3) is 5.91 Å². The van der Waals surface area contributed by atoms with E-state index in [1.54, 1.807) is 6.92 Å². The average Bonchev–Trinajstić information content (AvgIpc) is 3.05. The van der Waals surface area contributed by atoms with Crippen LogP contribution in [-0.4, -0.2) is 26.6 Å². The fourth-order valence-electron chi connectivity index (χ4n) is 1.79. The second-order valence-corrected chi connectivity index (χ2v) is 5.54. The standard InChI is InChI=1S/C15H14F3N5O2S/c1-2-12(24)20-21-13(25)3-4-23-8-19-14(22-23)9-5-10(15(16,17)18)7-11(26)6-9/h3-8,26H,2H2,1H3,(H,20,24)(H,21,25)/b4-3-. The van der Waals surface area contributed by atoms with Gasteiger partial charge in [-0.2, -0.15) is 13.2 Å². The molecular formula is C15H14F3N5O2S. The quantitative estimate of drug-likeness (QED) is 0.428. The molecule has 0 saturated heterocycles. The van der Waals surface area contributed by atoms with Gasteiger partial charge < -0.3 is 0 Å². The molecule has 0 spiro atoms. The van der Waals surface area contributed by atoms with Gasteiger partial charge in [0.1, 0.15) is 6.33 Å². The van der Waals surface area contributed by atoms with Crippen LogP contribution in [0.2, 0.25) is 0 Å². The Morgan fingerprint density at radius 2 is 2.00 bits per heavy atom. The number of hydrogen-bond acceptors (Lipinski definition) is 5. The van der Waals surface area contributed by atoms with E-state index in [1.807, 2.05) is 0 Å². The van der Waals surface area contributed by atoms with Crippen molar-refractivity contribution in [2.75, 3.05) is 0 Å². The third-order valence-corrected chi connectivity index (χ3v) is 3.29. The van der Waals surface area contributed by atoms with Gasteiger partial charge in [0, 0.05) is 29.2 Å². The van der Waals surface area contributed by atoms with Gasteiger partial charge in [-0.05, 0) is 18.2 Å². The van der Waals surface area contributed by atoms with Crippen molar-refractivity contribution in [2.24, 2.45) is 0 Å². The molecule has 0 unspecified atom stereocenters. The van der Waals surface area contributed by atoms with Crippen molar-refractivity contribution < 1.29 is 22.8 Å². The molecule has 26 heavy (non-hydrogen) atoms. The van der Waals surface area contributed by atoms with E-state index >= 15 is 0 Å². The van der Waals surface area contributed by atoms with E-state index < -0.39 is 17.6 Å². The highest BCUT2D eigenvalue weighted by atomic mass is 32.1. The predicted molar refractivity (Wildman–Crippen MR) is 89.6 cm³/mol. The molecule has 0 aliphatic heterocycles. The van der Waals surface area contributed by atoms with Crippen LogP contribution in [0, 0.1) is 0 Å². The van der Waals surface area contributed by atoms with Crippen LogP contribution in [0.15, 0.2) is 35.5 Å². The highest BCUT2D eigenvalue weighted by Gasteiger charge is 2.31. The number of amides is 2. The Bertz CT molecular complexity index is 848. The Kier molecular flexibility index (Phi) is 6.03. The number of hydrazine groups is 1. The number of carbonyl (C=O) groups excluding carboxylic acids is 2. The first kappa shape index (κ1) is 19.5. The number of nitrogens with zero attached hydrogens (tertiary/aromatic N) is 3. The maximum atomic E-state index is 12.9. The molecule has 1 aromatic heterocycles. The van der Waals surface area contributed by atoms with Crippen molar-refractivity contribution in [3.05, 3.63) is 36.2 Å². The molecule has 7 nitrogen and oxygen atoms in total. The molecule has 2 rings (SSSR count). The van der Waals surface area contributed by atoms with Gasteiger partial charge >= 0.3 is 6.18 Å². The number of halogens is 3. The van der Waals surface area contributed by atoms with Crippen LogP contribution >= 0.6 is 12.6 Å². The minimum absolute atomic E-state index is 0.0377. The van der Waals surface area contributed by atoms with E-state index in [0.29, 0.717) is 0 Å². The Balaban J connectivity index is 2.13. The van der Waals surface area contributed by atoms with E-state index in [-0.39, 0.29) is 28.6 Å². The van der Waals surface area contributed by atoms with E-state index in [0.717, 1.165) is 22.9 Å². The van der Waals surface area contributed by atoms with E-state index in [1.165, 1.54) is 18.6 Å². The number of thiol groups is 1. The molecule has 0 fully saturated rings. The Morgan fingerprint density at radius 3 is 2.65 bits per heavy atom. The smallest absolute Gasteiger partial charge is 0.273 e. The highest BCUT2D eigenvalue weighted by molar-refractivity contribution is 7.80. The number of aromatic nitrogens is 3. The maximum absolute atomic E-state index is 12.9. The molecular weight excluding hydrogens is 371 g/mol. The van der Waals surface area contributed by atoms with Gasteiger partial charge in [0.2, 0.25) is 5.91 Å². The van der Waals surface area contributed by atoms with Gasteiger partial charge in [-0.1, -0.05) is 6.92 Å². The maximum Gasteiger partial charge on any atom is 0.416 e. The fourth-order valence-corrected chi connectivity index (χ4v) is 2.07. The topological polar surface area (TPSA) is 88.9 Å². The van der Waals surface area contributed by atoms with Crippen LogP contribution in [0.5, 0.6) is 0 Å². The monoisotopic (exact) mass is 385 g/mol. The summed E-state index contributed by atoms with van der Waals surface area (Å²) in [6, 6.07) is 3.21. The van der Waals surface area contributed by atoms with Crippen molar-refractivity contribution in [3.63, 3.8) is 0 Å². The van der Waals surface area contributed by atoms with Gasteiger partial charge in [0.15, 0.2) is 5.82 Å². The zero-order chi connectivity index (χ0) is 19.3. The minimum atomic E-state index is -4.52. The first-order valence-electron chi connectivity index (χ1n) is 7.29. The molecule has 2 amide bonds. The number of hydrogen-bond donors (Lipinski definition) is 3. The molecule has 1 aromatic carbocycles. The molecule has 2 N–H and O–H groups in total. The Labute approximate surface area is 151 Å². The first-order chi connectivity index (χ1) is 12.2. The molecule has 0 saturated carbocycles. The van der Waals surface area contributed by atoms with Crippen molar-refractivity contribution >= 4 is 30.6 Å². The summed E-state index contributed by atoms with van der Waals surface area (Å²) in [5.74, 6) is -0.932. The fraction of sp³-hybridized carbons (Fsp3) is 0.200. The summed E-state index contributed by atoms with van der Waals surface area (Å²) >= 11 is 3.96. The molecule has 0 atom stereocenters. The van der Waals surface area contributed by atoms with Crippen LogP contribution in [0.25, 0.3) is 17.6 Å². The van der Waals surface area contributed by atoms with E-state index in [4.69, 9.17) is 0 Å². The van der Waals surface area contributed by atoms with E-state index in [2.05, 4.69) is 33.6 Å². The Morgan fingerprint density at radius 1 is 1.27 bits per heavy atom. The molecule has 1 heterocycles. The molecule has 138 valence electrons. The molecule has 0 aliphatic carbocycles. The summed E-state index contributed by atoms with van der Waals surface area (Å²) in [4.78, 5) is 26.5.